The predicted octanol–water partition coefficient (Wildman–Crippen LogP) is 1.04. The van der Waals surface area contributed by atoms with Crippen LogP contribution in [0.1, 0.15) is 20.8 Å². The van der Waals surface area contributed by atoms with Crippen molar-refractivity contribution in [1.29, 1.82) is 0 Å². The zero-order valence-electron chi connectivity index (χ0n) is 6.22. The van der Waals surface area contributed by atoms with Gasteiger partial charge in [-0.15, -0.1) is 0 Å². The number of hydrogen-bond acceptors (Lipinski definition) is 3. The van der Waals surface area contributed by atoms with E-state index in [1.54, 1.807) is 13.8 Å². The highest BCUT2D eigenvalue weighted by molar-refractivity contribution is 9.10. The summed E-state index contributed by atoms with van der Waals surface area (Å²) in [5, 5.41) is 8.62. The van der Waals surface area contributed by atoms with E-state index >= 15 is 0 Å². The van der Waals surface area contributed by atoms with Crippen molar-refractivity contribution in [3.8, 4) is 0 Å². The number of halogens is 1. The van der Waals surface area contributed by atoms with E-state index in [0.717, 1.165) is 0 Å². The molecule has 0 aliphatic rings. The fraction of sp³-hybridized carbons (Fsp3) is 0.833. The number of carbonyl (C=O) groups excluding carboxylic acids is 1. The number of aliphatic hydroxyl groups is 1. The smallest absolute Gasteiger partial charge is 0.324 e. The van der Waals surface area contributed by atoms with Gasteiger partial charge < -0.3 is 9.84 Å². The summed E-state index contributed by atoms with van der Waals surface area (Å²) in [5.74, 6) is -0.470. The molecular weight excluding hydrogens is 200 g/mol. The van der Waals surface area contributed by atoms with Crippen LogP contribution < -0.4 is 0 Å². The standard InChI is InChI=1S/C6H11BrO3/c1-4(8)10-5(9)6(2,3)7/h4,8H,1-3H3. The molecule has 0 spiro atoms. The van der Waals surface area contributed by atoms with E-state index in [0.29, 0.717) is 0 Å². The molecule has 0 saturated heterocycles. The van der Waals surface area contributed by atoms with E-state index in [1.165, 1.54) is 6.92 Å². The van der Waals surface area contributed by atoms with Gasteiger partial charge in [-0.05, 0) is 20.8 Å². The lowest BCUT2D eigenvalue weighted by Gasteiger charge is -2.15. The molecule has 1 atom stereocenters. The van der Waals surface area contributed by atoms with Crippen LogP contribution in [0.25, 0.3) is 0 Å². The Morgan fingerprint density at radius 3 is 2.20 bits per heavy atom. The lowest BCUT2D eigenvalue weighted by atomic mass is 10.2. The van der Waals surface area contributed by atoms with Crippen molar-refractivity contribution in [2.24, 2.45) is 0 Å². The molecule has 3 nitrogen and oxygen atoms in total. The number of ether oxygens (including phenoxy) is 1. The Labute approximate surface area is 68.5 Å². The fourth-order valence-electron chi connectivity index (χ4n) is 0.295. The highest BCUT2D eigenvalue weighted by Gasteiger charge is 2.26. The van der Waals surface area contributed by atoms with Gasteiger partial charge in [0.05, 0.1) is 0 Å². The SMILES string of the molecule is CC(O)OC(=O)C(C)(C)Br. The van der Waals surface area contributed by atoms with Crippen LogP contribution in [-0.4, -0.2) is 21.7 Å². The van der Waals surface area contributed by atoms with Gasteiger partial charge in [0.15, 0.2) is 6.29 Å². The van der Waals surface area contributed by atoms with Crippen molar-refractivity contribution in [2.45, 2.75) is 31.4 Å². The molecule has 0 rings (SSSR count). The van der Waals surface area contributed by atoms with Crippen molar-refractivity contribution < 1.29 is 14.6 Å². The lowest BCUT2D eigenvalue weighted by Crippen LogP contribution is -2.29. The Balaban J connectivity index is 3.87. The van der Waals surface area contributed by atoms with Gasteiger partial charge in [0, 0.05) is 0 Å². The average molecular weight is 211 g/mol. The van der Waals surface area contributed by atoms with Crippen LogP contribution in [-0.2, 0) is 9.53 Å². The van der Waals surface area contributed by atoms with Crippen LogP contribution in [0.4, 0.5) is 0 Å². The Morgan fingerprint density at radius 2 is 2.10 bits per heavy atom. The van der Waals surface area contributed by atoms with E-state index in [-0.39, 0.29) is 0 Å². The monoisotopic (exact) mass is 210 g/mol. The zero-order valence-corrected chi connectivity index (χ0v) is 7.81. The van der Waals surface area contributed by atoms with Gasteiger partial charge >= 0.3 is 5.97 Å². The molecule has 1 N–H and O–H groups in total. The van der Waals surface area contributed by atoms with Crippen LogP contribution in [0.2, 0.25) is 0 Å². The van der Waals surface area contributed by atoms with Crippen LogP contribution in [0.15, 0.2) is 0 Å². The molecule has 0 heterocycles. The van der Waals surface area contributed by atoms with Crippen LogP contribution in [0, 0.1) is 0 Å². The summed E-state index contributed by atoms with van der Waals surface area (Å²) in [6.07, 6.45) is -1.04. The van der Waals surface area contributed by atoms with Crippen molar-refractivity contribution in [3.05, 3.63) is 0 Å². The minimum Gasteiger partial charge on any atom is -0.435 e. The molecule has 0 aromatic rings. The van der Waals surface area contributed by atoms with E-state index < -0.39 is 16.6 Å². The maximum Gasteiger partial charge on any atom is 0.324 e. The fourth-order valence-corrected chi connectivity index (χ4v) is 0.388. The maximum absolute atomic E-state index is 10.8. The van der Waals surface area contributed by atoms with Gasteiger partial charge in [0.2, 0.25) is 0 Å². The summed E-state index contributed by atoms with van der Waals surface area (Å²) in [6.45, 7) is 4.69. The second-order valence-electron chi connectivity index (χ2n) is 2.48. The first-order valence-electron chi connectivity index (χ1n) is 2.92. The Morgan fingerprint density at radius 1 is 1.70 bits per heavy atom. The molecular formula is C6H11BrO3. The minimum atomic E-state index is -1.04. The van der Waals surface area contributed by atoms with Crippen molar-refractivity contribution in [1.82, 2.24) is 0 Å². The number of aliphatic hydroxyl groups excluding tert-OH is 1. The van der Waals surface area contributed by atoms with E-state index in [9.17, 15) is 4.79 Å². The zero-order chi connectivity index (χ0) is 8.36. The number of alkyl halides is 1. The summed E-state index contributed by atoms with van der Waals surface area (Å²) in [5.41, 5.74) is 0. The Kier molecular flexibility index (Phi) is 3.31. The van der Waals surface area contributed by atoms with E-state index in [4.69, 9.17) is 5.11 Å². The Hall–Kier alpha value is -0.0900. The molecule has 0 bridgehead atoms. The van der Waals surface area contributed by atoms with Crippen molar-refractivity contribution >= 4 is 21.9 Å². The topological polar surface area (TPSA) is 46.5 Å². The first kappa shape index (κ1) is 9.91. The van der Waals surface area contributed by atoms with Gasteiger partial charge in [0.1, 0.15) is 4.32 Å². The molecule has 0 aliphatic carbocycles. The normalized spacial score (nSPS) is 14.5. The molecule has 0 aromatic carbocycles. The molecule has 60 valence electrons. The van der Waals surface area contributed by atoms with Gasteiger partial charge in [-0.3, -0.25) is 4.79 Å². The number of hydrogen-bond donors (Lipinski definition) is 1. The van der Waals surface area contributed by atoms with Gasteiger partial charge in [-0.1, -0.05) is 15.9 Å². The molecule has 0 saturated carbocycles. The maximum atomic E-state index is 10.8. The van der Waals surface area contributed by atoms with E-state index in [2.05, 4.69) is 20.7 Å². The Bertz CT molecular complexity index is 125. The van der Waals surface area contributed by atoms with Gasteiger partial charge in [-0.25, -0.2) is 0 Å². The molecule has 0 radical (unpaired) electrons. The summed E-state index contributed by atoms with van der Waals surface area (Å²) < 4.78 is 3.77. The summed E-state index contributed by atoms with van der Waals surface area (Å²) in [7, 11) is 0. The lowest BCUT2D eigenvalue weighted by molar-refractivity contribution is -0.166. The van der Waals surface area contributed by atoms with Crippen molar-refractivity contribution in [2.75, 3.05) is 0 Å². The molecule has 4 heteroatoms. The van der Waals surface area contributed by atoms with Crippen LogP contribution in [0.5, 0.6) is 0 Å². The third-order valence-corrected chi connectivity index (χ3v) is 1.09. The van der Waals surface area contributed by atoms with Gasteiger partial charge in [-0.2, -0.15) is 0 Å². The molecule has 1 unspecified atom stereocenters. The van der Waals surface area contributed by atoms with Crippen molar-refractivity contribution in [3.63, 3.8) is 0 Å². The molecule has 0 aromatic heterocycles. The highest BCUT2D eigenvalue weighted by Crippen LogP contribution is 2.17. The molecule has 0 amide bonds. The van der Waals surface area contributed by atoms with Crippen LogP contribution >= 0.6 is 15.9 Å². The third kappa shape index (κ3) is 3.85. The third-order valence-electron chi connectivity index (χ3n) is 0.763. The number of carbonyl (C=O) groups is 1. The first-order chi connectivity index (χ1) is 4.34. The average Bonchev–Trinajstić information content (AvgIpc) is 1.60. The molecule has 0 aliphatic heterocycles. The summed E-state index contributed by atoms with van der Waals surface area (Å²) >= 11 is 3.09. The summed E-state index contributed by atoms with van der Waals surface area (Å²) in [4.78, 5) is 10.8. The second-order valence-corrected chi connectivity index (χ2v) is 4.46. The largest absolute Gasteiger partial charge is 0.435 e. The van der Waals surface area contributed by atoms with Gasteiger partial charge in [0.25, 0.3) is 0 Å². The molecule has 10 heavy (non-hydrogen) atoms. The number of rotatable bonds is 2. The predicted molar refractivity (Wildman–Crippen MR) is 40.8 cm³/mol. The summed E-state index contributed by atoms with van der Waals surface area (Å²) in [6, 6.07) is 0. The highest BCUT2D eigenvalue weighted by atomic mass is 79.9. The second kappa shape index (κ2) is 3.34. The quantitative estimate of drug-likeness (QED) is 0.421. The number of esters is 1. The van der Waals surface area contributed by atoms with E-state index in [1.807, 2.05) is 0 Å². The first-order valence-corrected chi connectivity index (χ1v) is 3.71. The minimum absolute atomic E-state index is 0.470. The van der Waals surface area contributed by atoms with Crippen LogP contribution in [0.3, 0.4) is 0 Å². The molecule has 0 fully saturated rings.